The van der Waals surface area contributed by atoms with Gasteiger partial charge in [0, 0.05) is 13.0 Å². The van der Waals surface area contributed by atoms with Crippen LogP contribution in [0.1, 0.15) is 25.3 Å². The van der Waals surface area contributed by atoms with Gasteiger partial charge in [0.2, 0.25) is 11.8 Å². The molecule has 0 saturated carbocycles. The third-order valence-corrected chi connectivity index (χ3v) is 3.20. The van der Waals surface area contributed by atoms with Crippen molar-refractivity contribution in [2.75, 3.05) is 0 Å². The summed E-state index contributed by atoms with van der Waals surface area (Å²) in [5.41, 5.74) is 11.8. The van der Waals surface area contributed by atoms with Crippen molar-refractivity contribution in [1.29, 1.82) is 0 Å². The van der Waals surface area contributed by atoms with E-state index in [1.807, 2.05) is 6.07 Å². The number of carboxylic acid groups (broad SMARTS) is 1. The highest BCUT2D eigenvalue weighted by molar-refractivity contribution is 5.89. The predicted molar refractivity (Wildman–Crippen MR) is 80.5 cm³/mol. The summed E-state index contributed by atoms with van der Waals surface area (Å²) in [7, 11) is 0. The molecule has 2 atom stereocenters. The molecule has 2 amide bonds. The lowest BCUT2D eigenvalue weighted by Crippen LogP contribution is -2.52. The van der Waals surface area contributed by atoms with Crippen molar-refractivity contribution in [3.63, 3.8) is 0 Å². The number of amides is 2. The van der Waals surface area contributed by atoms with Crippen molar-refractivity contribution in [2.24, 2.45) is 11.5 Å². The summed E-state index contributed by atoms with van der Waals surface area (Å²) < 4.78 is 0. The van der Waals surface area contributed by atoms with Crippen molar-refractivity contribution >= 4 is 17.8 Å². The van der Waals surface area contributed by atoms with Crippen LogP contribution in [0.25, 0.3) is 0 Å². The number of carboxylic acids is 1. The Labute approximate surface area is 128 Å². The van der Waals surface area contributed by atoms with Crippen molar-refractivity contribution in [3.8, 4) is 0 Å². The van der Waals surface area contributed by atoms with Gasteiger partial charge in [0.05, 0.1) is 6.04 Å². The Morgan fingerprint density at radius 3 is 2.27 bits per heavy atom. The molecule has 0 radical (unpaired) electrons. The minimum atomic E-state index is -1.06. The van der Waals surface area contributed by atoms with Gasteiger partial charge in [-0.1, -0.05) is 30.3 Å². The summed E-state index contributed by atoms with van der Waals surface area (Å²) >= 11 is 0. The van der Waals surface area contributed by atoms with Gasteiger partial charge in [-0.2, -0.15) is 0 Å². The largest absolute Gasteiger partial charge is 0.481 e. The van der Waals surface area contributed by atoms with E-state index in [9.17, 15) is 14.4 Å². The average Bonchev–Trinajstić information content (AvgIpc) is 2.45. The molecular weight excluding hydrogens is 286 g/mol. The SMILES string of the molecule is C[C@H](N)C(=O)N(Cc1ccccc1)[C@H](CCC(=O)O)C(N)=O. The van der Waals surface area contributed by atoms with E-state index in [-0.39, 0.29) is 19.4 Å². The van der Waals surface area contributed by atoms with E-state index in [0.29, 0.717) is 0 Å². The van der Waals surface area contributed by atoms with Crippen molar-refractivity contribution in [2.45, 2.75) is 38.4 Å². The molecule has 1 aromatic carbocycles. The highest BCUT2D eigenvalue weighted by Crippen LogP contribution is 2.14. The molecule has 0 aliphatic rings. The fraction of sp³-hybridized carbons (Fsp3) is 0.400. The number of rotatable bonds is 8. The van der Waals surface area contributed by atoms with Crippen LogP contribution in [0.5, 0.6) is 0 Å². The zero-order valence-electron chi connectivity index (χ0n) is 12.4. The maximum atomic E-state index is 12.3. The van der Waals surface area contributed by atoms with Crippen molar-refractivity contribution < 1.29 is 19.5 Å². The van der Waals surface area contributed by atoms with E-state index in [0.717, 1.165) is 5.56 Å². The molecule has 1 rings (SSSR count). The molecule has 7 nitrogen and oxygen atoms in total. The summed E-state index contributed by atoms with van der Waals surface area (Å²) in [5, 5.41) is 8.78. The Hall–Kier alpha value is -2.41. The number of carbonyl (C=O) groups is 3. The summed E-state index contributed by atoms with van der Waals surface area (Å²) in [6.07, 6.45) is -0.304. The van der Waals surface area contributed by atoms with Gasteiger partial charge in [0.1, 0.15) is 6.04 Å². The maximum absolute atomic E-state index is 12.3. The molecule has 0 fully saturated rings. The van der Waals surface area contributed by atoms with E-state index in [1.165, 1.54) is 11.8 Å². The number of carbonyl (C=O) groups excluding carboxylic acids is 2. The van der Waals surface area contributed by atoms with Crippen LogP contribution in [-0.4, -0.2) is 39.9 Å². The van der Waals surface area contributed by atoms with Crippen LogP contribution in [0.15, 0.2) is 30.3 Å². The van der Waals surface area contributed by atoms with Gasteiger partial charge in [0.25, 0.3) is 0 Å². The molecule has 7 heteroatoms. The second-order valence-electron chi connectivity index (χ2n) is 5.09. The first kappa shape index (κ1) is 17.6. The van der Waals surface area contributed by atoms with Gasteiger partial charge in [-0.15, -0.1) is 0 Å². The average molecular weight is 307 g/mol. The van der Waals surface area contributed by atoms with Crippen LogP contribution in [-0.2, 0) is 20.9 Å². The third-order valence-electron chi connectivity index (χ3n) is 3.20. The zero-order chi connectivity index (χ0) is 16.7. The quantitative estimate of drug-likeness (QED) is 0.627. The number of hydrogen-bond acceptors (Lipinski definition) is 4. The first-order valence-electron chi connectivity index (χ1n) is 6.94. The molecule has 0 saturated heterocycles. The highest BCUT2D eigenvalue weighted by Gasteiger charge is 2.30. The molecule has 0 heterocycles. The van der Waals surface area contributed by atoms with Crippen LogP contribution in [0, 0.1) is 0 Å². The molecule has 0 aliphatic heterocycles. The molecule has 5 N–H and O–H groups in total. The van der Waals surface area contributed by atoms with Crippen LogP contribution in [0.4, 0.5) is 0 Å². The molecule has 0 unspecified atom stereocenters. The number of benzene rings is 1. The Morgan fingerprint density at radius 2 is 1.82 bits per heavy atom. The molecular formula is C15H21N3O4. The van der Waals surface area contributed by atoms with Crippen LogP contribution < -0.4 is 11.5 Å². The molecule has 0 spiro atoms. The predicted octanol–water partition coefficient (Wildman–Crippen LogP) is 0.0811. The molecule has 0 aromatic heterocycles. The van der Waals surface area contributed by atoms with E-state index in [4.69, 9.17) is 16.6 Å². The Morgan fingerprint density at radius 1 is 1.23 bits per heavy atom. The third kappa shape index (κ3) is 5.17. The van der Waals surface area contributed by atoms with Gasteiger partial charge in [0.15, 0.2) is 0 Å². The Bertz CT molecular complexity index is 531. The Balaban J connectivity index is 3.02. The first-order chi connectivity index (χ1) is 10.3. The van der Waals surface area contributed by atoms with Gasteiger partial charge in [-0.3, -0.25) is 14.4 Å². The van der Waals surface area contributed by atoms with Gasteiger partial charge in [-0.05, 0) is 18.9 Å². The summed E-state index contributed by atoms with van der Waals surface area (Å²) in [5.74, 6) is -2.25. The monoisotopic (exact) mass is 307 g/mol. The fourth-order valence-corrected chi connectivity index (χ4v) is 2.10. The lowest BCUT2D eigenvalue weighted by molar-refractivity contribution is -0.143. The van der Waals surface area contributed by atoms with E-state index in [1.54, 1.807) is 24.3 Å². The summed E-state index contributed by atoms with van der Waals surface area (Å²) in [6, 6.07) is 7.23. The van der Waals surface area contributed by atoms with Gasteiger partial charge < -0.3 is 21.5 Å². The fourth-order valence-electron chi connectivity index (χ4n) is 2.10. The number of nitrogens with two attached hydrogens (primary N) is 2. The normalized spacial score (nSPS) is 13.2. The van der Waals surface area contributed by atoms with Crippen LogP contribution in [0.3, 0.4) is 0 Å². The molecule has 1 aromatic rings. The summed E-state index contributed by atoms with van der Waals surface area (Å²) in [4.78, 5) is 35.9. The number of aliphatic carboxylic acids is 1. The zero-order valence-corrected chi connectivity index (χ0v) is 12.4. The number of primary amides is 1. The molecule has 22 heavy (non-hydrogen) atoms. The van der Waals surface area contributed by atoms with Crippen molar-refractivity contribution in [1.82, 2.24) is 4.90 Å². The van der Waals surface area contributed by atoms with Crippen molar-refractivity contribution in [3.05, 3.63) is 35.9 Å². The van der Waals surface area contributed by atoms with Crippen LogP contribution >= 0.6 is 0 Å². The molecule has 0 bridgehead atoms. The standard InChI is InChI=1S/C15H21N3O4/c1-10(16)15(22)18(9-11-5-3-2-4-6-11)12(14(17)21)7-8-13(19)20/h2-6,10,12H,7-9,16H2,1H3,(H2,17,21)(H,19,20)/t10-,12+/m0/s1. The number of hydrogen-bond donors (Lipinski definition) is 3. The molecule has 120 valence electrons. The highest BCUT2D eigenvalue weighted by atomic mass is 16.4. The lowest BCUT2D eigenvalue weighted by Gasteiger charge is -2.31. The Kier molecular flexibility index (Phi) is 6.52. The minimum absolute atomic E-state index is 0.0457. The van der Waals surface area contributed by atoms with Gasteiger partial charge >= 0.3 is 5.97 Å². The number of nitrogens with zero attached hydrogens (tertiary/aromatic N) is 1. The smallest absolute Gasteiger partial charge is 0.303 e. The first-order valence-corrected chi connectivity index (χ1v) is 6.94. The van der Waals surface area contributed by atoms with E-state index < -0.39 is 29.9 Å². The second kappa shape index (κ2) is 8.14. The lowest BCUT2D eigenvalue weighted by atomic mass is 10.1. The topological polar surface area (TPSA) is 127 Å². The summed E-state index contributed by atoms with van der Waals surface area (Å²) in [6.45, 7) is 1.66. The van der Waals surface area contributed by atoms with E-state index >= 15 is 0 Å². The second-order valence-corrected chi connectivity index (χ2v) is 5.09. The molecule has 0 aliphatic carbocycles. The van der Waals surface area contributed by atoms with Crippen LogP contribution in [0.2, 0.25) is 0 Å². The van der Waals surface area contributed by atoms with E-state index in [2.05, 4.69) is 0 Å². The minimum Gasteiger partial charge on any atom is -0.481 e. The van der Waals surface area contributed by atoms with Gasteiger partial charge in [-0.25, -0.2) is 0 Å². The maximum Gasteiger partial charge on any atom is 0.303 e.